The van der Waals surface area contributed by atoms with E-state index >= 15 is 0 Å². The summed E-state index contributed by atoms with van der Waals surface area (Å²) in [4.78, 5) is 34.7. The third kappa shape index (κ3) is 4.78. The molecule has 31 heavy (non-hydrogen) atoms. The maximum Gasteiger partial charge on any atom is 0.338 e. The largest absolute Gasteiger partial charge is 0.465 e. The van der Waals surface area contributed by atoms with Gasteiger partial charge in [0.1, 0.15) is 0 Å². The van der Waals surface area contributed by atoms with Crippen molar-refractivity contribution < 1.29 is 14.3 Å². The zero-order valence-corrected chi connectivity index (χ0v) is 19.6. The maximum atomic E-state index is 13.7. The molecular weight excluding hydrogens is 410 g/mol. The Labute approximate surface area is 187 Å². The number of ether oxygens (including phenoxy) is 1. The van der Waals surface area contributed by atoms with Gasteiger partial charge in [-0.25, -0.2) is 9.78 Å². The number of aromatic nitrogens is 1. The number of nitrogens with zero attached hydrogens (tertiary/aromatic N) is 3. The van der Waals surface area contributed by atoms with E-state index in [9.17, 15) is 9.59 Å². The van der Waals surface area contributed by atoms with E-state index in [1.54, 1.807) is 29.2 Å². The molecule has 0 aliphatic rings. The first-order valence-corrected chi connectivity index (χ1v) is 11.3. The third-order valence-corrected chi connectivity index (χ3v) is 6.69. The van der Waals surface area contributed by atoms with Crippen LogP contribution in [-0.2, 0) is 4.74 Å². The minimum atomic E-state index is -0.525. The molecule has 1 heterocycles. The Morgan fingerprint density at radius 1 is 1.00 bits per heavy atom. The molecule has 0 spiro atoms. The third-order valence-electron chi connectivity index (χ3n) is 5.65. The van der Waals surface area contributed by atoms with Gasteiger partial charge in [0.25, 0.3) is 5.91 Å². The van der Waals surface area contributed by atoms with E-state index in [2.05, 4.69) is 38.7 Å². The predicted octanol–water partition coefficient (Wildman–Crippen LogP) is 4.69. The van der Waals surface area contributed by atoms with Crippen molar-refractivity contribution in [3.63, 3.8) is 0 Å². The zero-order chi connectivity index (χ0) is 22.5. The summed E-state index contributed by atoms with van der Waals surface area (Å²) in [5.74, 6) is -0.773. The number of hydrogen-bond donors (Lipinski definition) is 0. The SMILES string of the molecule is CCN(CC)CCN(C(=O)c1ccccc1C(=O)OC)c1nc2c(C)c(C)ccc2s1. The van der Waals surface area contributed by atoms with Crippen LogP contribution in [0.3, 0.4) is 0 Å². The first-order valence-electron chi connectivity index (χ1n) is 10.5. The number of aryl methyl sites for hydroxylation is 2. The number of rotatable bonds is 8. The highest BCUT2D eigenvalue weighted by molar-refractivity contribution is 7.22. The molecular formula is C24H29N3O3S. The number of anilines is 1. The van der Waals surface area contributed by atoms with Crippen molar-refractivity contribution in [3.05, 3.63) is 58.7 Å². The Balaban J connectivity index is 2.06. The lowest BCUT2D eigenvalue weighted by Gasteiger charge is -2.25. The molecule has 0 aliphatic carbocycles. The zero-order valence-electron chi connectivity index (χ0n) is 18.8. The minimum Gasteiger partial charge on any atom is -0.465 e. The lowest BCUT2D eigenvalue weighted by atomic mass is 10.1. The van der Waals surface area contributed by atoms with Crippen LogP contribution >= 0.6 is 11.3 Å². The second-order valence-corrected chi connectivity index (χ2v) is 8.38. The van der Waals surface area contributed by atoms with Gasteiger partial charge in [0.15, 0.2) is 5.13 Å². The van der Waals surface area contributed by atoms with Crippen LogP contribution in [-0.4, -0.2) is 55.0 Å². The Bertz CT molecular complexity index is 1090. The van der Waals surface area contributed by atoms with Crippen molar-refractivity contribution in [2.75, 3.05) is 38.2 Å². The molecule has 3 rings (SSSR count). The number of carbonyl (C=O) groups is 2. The van der Waals surface area contributed by atoms with Crippen LogP contribution < -0.4 is 4.90 Å². The number of thiazole rings is 1. The van der Waals surface area contributed by atoms with E-state index < -0.39 is 5.97 Å². The number of fused-ring (bicyclic) bond motifs is 1. The molecule has 7 heteroatoms. The molecule has 0 fully saturated rings. The molecule has 164 valence electrons. The number of benzene rings is 2. The van der Waals surface area contributed by atoms with Gasteiger partial charge in [-0.3, -0.25) is 9.69 Å². The quantitative estimate of drug-likeness (QED) is 0.477. The van der Waals surface area contributed by atoms with E-state index in [4.69, 9.17) is 9.72 Å². The standard InChI is InChI=1S/C24H29N3O3S/c1-6-26(7-2)14-15-27(22(28)18-10-8-9-11-19(18)23(29)30-5)24-25-21-17(4)16(3)12-13-20(21)31-24/h8-13H,6-7,14-15H2,1-5H3. The highest BCUT2D eigenvalue weighted by Crippen LogP contribution is 2.33. The van der Waals surface area contributed by atoms with Gasteiger partial charge in [-0.1, -0.05) is 43.4 Å². The summed E-state index contributed by atoms with van der Waals surface area (Å²) in [6, 6.07) is 10.9. The van der Waals surface area contributed by atoms with Crippen molar-refractivity contribution in [1.29, 1.82) is 0 Å². The number of esters is 1. The van der Waals surface area contributed by atoms with E-state index in [1.165, 1.54) is 24.0 Å². The average Bonchev–Trinajstić information content (AvgIpc) is 3.23. The van der Waals surface area contributed by atoms with Crippen LogP contribution in [0, 0.1) is 13.8 Å². The molecule has 0 unspecified atom stereocenters. The van der Waals surface area contributed by atoms with E-state index in [0.717, 1.165) is 28.9 Å². The second-order valence-electron chi connectivity index (χ2n) is 7.37. The van der Waals surface area contributed by atoms with Crippen LogP contribution in [0.5, 0.6) is 0 Å². The van der Waals surface area contributed by atoms with Crippen molar-refractivity contribution >= 4 is 38.6 Å². The minimum absolute atomic E-state index is 0.249. The monoisotopic (exact) mass is 439 g/mol. The molecule has 1 amide bonds. The topological polar surface area (TPSA) is 62.7 Å². The number of likely N-dealkylation sites (N-methyl/N-ethyl adjacent to an activating group) is 1. The van der Waals surface area contributed by atoms with Crippen LogP contribution in [0.15, 0.2) is 36.4 Å². The molecule has 0 aliphatic heterocycles. The van der Waals surface area contributed by atoms with Gasteiger partial charge in [-0.2, -0.15) is 0 Å². The van der Waals surface area contributed by atoms with Gasteiger partial charge < -0.3 is 9.64 Å². The summed E-state index contributed by atoms with van der Waals surface area (Å²) in [6.07, 6.45) is 0. The molecule has 0 atom stereocenters. The van der Waals surface area contributed by atoms with E-state index in [0.29, 0.717) is 23.8 Å². The van der Waals surface area contributed by atoms with Crippen LogP contribution in [0.25, 0.3) is 10.2 Å². The fourth-order valence-electron chi connectivity index (χ4n) is 3.50. The summed E-state index contributed by atoms with van der Waals surface area (Å²) in [5, 5.41) is 0.639. The van der Waals surface area contributed by atoms with Crippen molar-refractivity contribution in [2.45, 2.75) is 27.7 Å². The Morgan fingerprint density at radius 2 is 1.68 bits per heavy atom. The Hall–Kier alpha value is -2.77. The molecule has 6 nitrogen and oxygen atoms in total. The van der Waals surface area contributed by atoms with Crippen LogP contribution in [0.2, 0.25) is 0 Å². The highest BCUT2D eigenvalue weighted by atomic mass is 32.1. The fourth-order valence-corrected chi connectivity index (χ4v) is 4.55. The normalized spacial score (nSPS) is 11.2. The van der Waals surface area contributed by atoms with Crippen molar-refractivity contribution in [2.24, 2.45) is 0 Å². The molecule has 0 saturated heterocycles. The molecule has 0 radical (unpaired) electrons. The molecule has 0 N–H and O–H groups in total. The van der Waals surface area contributed by atoms with Crippen LogP contribution in [0.1, 0.15) is 45.7 Å². The average molecular weight is 440 g/mol. The van der Waals surface area contributed by atoms with Crippen molar-refractivity contribution in [3.8, 4) is 0 Å². The number of hydrogen-bond acceptors (Lipinski definition) is 6. The summed E-state index contributed by atoms with van der Waals surface area (Å²) in [6.45, 7) is 11.3. The molecule has 1 aromatic heterocycles. The molecule has 3 aromatic rings. The first kappa shape index (κ1) is 22.9. The summed E-state index contributed by atoms with van der Waals surface area (Å²) in [7, 11) is 1.32. The Kier molecular flexibility index (Phi) is 7.41. The van der Waals surface area contributed by atoms with E-state index in [-0.39, 0.29) is 11.5 Å². The first-order chi connectivity index (χ1) is 14.9. The van der Waals surface area contributed by atoms with Crippen LogP contribution in [0.4, 0.5) is 5.13 Å². The molecule has 0 saturated carbocycles. The van der Waals surface area contributed by atoms with Gasteiger partial charge in [-0.05, 0) is 56.3 Å². The van der Waals surface area contributed by atoms with Crippen molar-refractivity contribution in [1.82, 2.24) is 9.88 Å². The van der Waals surface area contributed by atoms with Gasteiger partial charge >= 0.3 is 5.97 Å². The van der Waals surface area contributed by atoms with Gasteiger partial charge in [-0.15, -0.1) is 0 Å². The smallest absolute Gasteiger partial charge is 0.338 e. The number of methoxy groups -OCH3 is 1. The lowest BCUT2D eigenvalue weighted by Crippen LogP contribution is -2.39. The number of carbonyl (C=O) groups excluding carboxylic acids is 2. The van der Waals surface area contributed by atoms with Gasteiger partial charge in [0.2, 0.25) is 0 Å². The van der Waals surface area contributed by atoms with Gasteiger partial charge in [0.05, 0.1) is 28.5 Å². The summed E-state index contributed by atoms with van der Waals surface area (Å²) in [5.41, 5.74) is 3.78. The molecule has 0 bridgehead atoms. The summed E-state index contributed by atoms with van der Waals surface area (Å²) < 4.78 is 5.93. The summed E-state index contributed by atoms with van der Waals surface area (Å²) >= 11 is 1.50. The predicted molar refractivity (Wildman–Crippen MR) is 126 cm³/mol. The second kappa shape index (κ2) is 10.0. The van der Waals surface area contributed by atoms with E-state index in [1.807, 2.05) is 6.07 Å². The Morgan fingerprint density at radius 3 is 2.32 bits per heavy atom. The highest BCUT2D eigenvalue weighted by Gasteiger charge is 2.26. The maximum absolute atomic E-state index is 13.7. The fraction of sp³-hybridized carbons (Fsp3) is 0.375. The lowest BCUT2D eigenvalue weighted by molar-refractivity contribution is 0.0597. The molecule has 2 aromatic carbocycles. The number of amides is 1. The van der Waals surface area contributed by atoms with Gasteiger partial charge in [0, 0.05) is 13.1 Å².